The minimum atomic E-state index is 0.682. The molecule has 0 unspecified atom stereocenters. The molecule has 2 heterocycles. The number of hydrogen-bond acceptors (Lipinski definition) is 4. The van der Waals surface area contributed by atoms with Crippen LogP contribution in [0, 0.1) is 0 Å². The summed E-state index contributed by atoms with van der Waals surface area (Å²) in [6.45, 7) is 0. The molecule has 5 heteroatoms. The van der Waals surface area contributed by atoms with Crippen molar-refractivity contribution in [1.82, 2.24) is 14.5 Å². The lowest BCUT2D eigenvalue weighted by Gasteiger charge is -2.29. The van der Waals surface area contributed by atoms with E-state index in [9.17, 15) is 0 Å². The molecule has 0 N–H and O–H groups in total. The van der Waals surface area contributed by atoms with Crippen molar-refractivity contribution in [3.05, 3.63) is 273 Å². The normalized spacial score (nSPS) is 11.4. The van der Waals surface area contributed by atoms with E-state index >= 15 is 0 Å². The largest absolute Gasteiger partial charge is 0.311 e. The van der Waals surface area contributed by atoms with E-state index in [1.807, 2.05) is 0 Å². The van der Waals surface area contributed by atoms with E-state index in [2.05, 4.69) is 287 Å². The second kappa shape index (κ2) is 17.8. The van der Waals surface area contributed by atoms with E-state index in [1.165, 1.54) is 27.3 Å². The number of aromatic nitrogens is 3. The van der Waals surface area contributed by atoms with Gasteiger partial charge in [0, 0.05) is 66.8 Å². The van der Waals surface area contributed by atoms with E-state index in [0.29, 0.717) is 5.82 Å². The topological polar surface area (TPSA) is 37.2 Å². The van der Waals surface area contributed by atoms with Crippen LogP contribution in [-0.4, -0.2) is 14.5 Å². The van der Waals surface area contributed by atoms with Crippen LogP contribution in [0.5, 0.6) is 0 Å². The summed E-state index contributed by atoms with van der Waals surface area (Å²) in [7, 11) is 0. The Hall–Kier alpha value is -9.58. The highest BCUT2D eigenvalue weighted by Gasteiger charge is 2.21. The number of hydrogen-bond donors (Lipinski definition) is 0. The SMILES string of the molecule is c1ccc(-c2ccc(-c3nc(-c4ccc5c6ccccc6n(-c6cccc(N(c7ccc(N(c8ccccc8)c8ccccc8)cc7)c7cccc8ccccc78)c6)c5c4)nc4ccccc34)cc2)cc1. The van der Waals surface area contributed by atoms with Gasteiger partial charge in [-0.3, -0.25) is 0 Å². The average molecular weight is 908 g/mol. The van der Waals surface area contributed by atoms with Gasteiger partial charge in [0.25, 0.3) is 0 Å². The van der Waals surface area contributed by atoms with Gasteiger partial charge in [-0.25, -0.2) is 9.97 Å². The molecule has 13 rings (SSSR count). The lowest BCUT2D eigenvalue weighted by atomic mass is 10.0. The van der Waals surface area contributed by atoms with Crippen LogP contribution >= 0.6 is 0 Å². The summed E-state index contributed by atoms with van der Waals surface area (Å²) in [5, 5.41) is 5.71. The van der Waals surface area contributed by atoms with Crippen LogP contribution in [0.2, 0.25) is 0 Å². The maximum Gasteiger partial charge on any atom is 0.160 e. The Balaban J connectivity index is 0.947. The van der Waals surface area contributed by atoms with Crippen LogP contribution in [0.1, 0.15) is 0 Å². The van der Waals surface area contributed by atoms with Gasteiger partial charge in [-0.1, -0.05) is 182 Å². The number of anilines is 6. The van der Waals surface area contributed by atoms with Gasteiger partial charge in [0.05, 0.1) is 27.9 Å². The molecular weight excluding hydrogens is 863 g/mol. The number of benzene rings is 11. The average Bonchev–Trinajstić information content (AvgIpc) is 3.78. The molecule has 0 bridgehead atoms. The van der Waals surface area contributed by atoms with E-state index in [-0.39, 0.29) is 0 Å². The van der Waals surface area contributed by atoms with Gasteiger partial charge in [-0.05, 0) is 108 Å². The van der Waals surface area contributed by atoms with Gasteiger partial charge < -0.3 is 14.4 Å². The van der Waals surface area contributed by atoms with Crippen molar-refractivity contribution < 1.29 is 0 Å². The third-order valence-electron chi connectivity index (χ3n) is 13.5. The second-order valence-electron chi connectivity index (χ2n) is 17.8. The Morgan fingerprint density at radius 3 is 1.56 bits per heavy atom. The van der Waals surface area contributed by atoms with Crippen LogP contribution in [0.15, 0.2) is 273 Å². The van der Waals surface area contributed by atoms with E-state index in [0.717, 1.165) is 84.0 Å². The van der Waals surface area contributed by atoms with Crippen molar-refractivity contribution >= 4 is 77.6 Å². The first-order chi connectivity index (χ1) is 35.2. The molecule has 0 amide bonds. The maximum absolute atomic E-state index is 5.36. The molecule has 0 spiro atoms. The predicted molar refractivity (Wildman–Crippen MR) is 297 cm³/mol. The van der Waals surface area contributed by atoms with Gasteiger partial charge in [0.15, 0.2) is 5.82 Å². The summed E-state index contributed by atoms with van der Waals surface area (Å²) in [5.74, 6) is 0.682. The minimum Gasteiger partial charge on any atom is -0.311 e. The molecule has 0 fully saturated rings. The van der Waals surface area contributed by atoms with E-state index in [1.54, 1.807) is 0 Å². The number of rotatable bonds is 10. The molecule has 0 atom stereocenters. The molecule has 0 radical (unpaired) electrons. The molecular formula is C66H45N5. The molecule has 2 aromatic heterocycles. The summed E-state index contributed by atoms with van der Waals surface area (Å²) in [4.78, 5) is 15.3. The molecule has 71 heavy (non-hydrogen) atoms. The smallest absolute Gasteiger partial charge is 0.160 e. The van der Waals surface area contributed by atoms with Crippen LogP contribution in [0.25, 0.3) is 82.9 Å². The first-order valence-corrected chi connectivity index (χ1v) is 24.1. The van der Waals surface area contributed by atoms with Crippen LogP contribution in [0.3, 0.4) is 0 Å². The van der Waals surface area contributed by atoms with Crippen LogP contribution < -0.4 is 9.80 Å². The maximum atomic E-state index is 5.36. The number of nitrogens with zero attached hydrogens (tertiary/aromatic N) is 5. The number of fused-ring (bicyclic) bond motifs is 5. The third-order valence-corrected chi connectivity index (χ3v) is 13.5. The van der Waals surface area contributed by atoms with Crippen molar-refractivity contribution in [2.24, 2.45) is 0 Å². The lowest BCUT2D eigenvalue weighted by molar-refractivity contribution is 1.17. The van der Waals surface area contributed by atoms with E-state index in [4.69, 9.17) is 9.97 Å². The predicted octanol–water partition coefficient (Wildman–Crippen LogP) is 17.8. The summed E-state index contributed by atoms with van der Waals surface area (Å²) >= 11 is 0. The second-order valence-corrected chi connectivity index (χ2v) is 17.8. The van der Waals surface area contributed by atoms with Crippen molar-refractivity contribution in [3.63, 3.8) is 0 Å². The summed E-state index contributed by atoms with van der Waals surface area (Å²) in [6, 6.07) is 97.1. The van der Waals surface area contributed by atoms with Crippen molar-refractivity contribution in [1.29, 1.82) is 0 Å². The van der Waals surface area contributed by atoms with Gasteiger partial charge >= 0.3 is 0 Å². The zero-order valence-corrected chi connectivity index (χ0v) is 38.7. The Bertz CT molecular complexity index is 3990. The molecule has 0 aliphatic carbocycles. The van der Waals surface area contributed by atoms with Crippen molar-refractivity contribution in [2.75, 3.05) is 9.80 Å². The van der Waals surface area contributed by atoms with Crippen molar-refractivity contribution in [3.8, 4) is 39.5 Å². The zero-order chi connectivity index (χ0) is 47.1. The highest BCUT2D eigenvalue weighted by molar-refractivity contribution is 6.10. The van der Waals surface area contributed by atoms with Gasteiger partial charge in [-0.15, -0.1) is 0 Å². The van der Waals surface area contributed by atoms with Crippen molar-refractivity contribution in [2.45, 2.75) is 0 Å². The monoisotopic (exact) mass is 907 g/mol. The standard InChI is InChI=1S/C66H45N5/c1-4-18-46(19-5-1)47-34-36-49(37-35-47)65-60-30-12-14-31-61(60)67-66(68-65)50-38-43-59-58-29-13-15-32-63(58)71(64(59)44-50)56-27-17-26-55(45-56)70(62-33-16-21-48-20-10-11-28-57(48)62)54-41-39-53(40-42-54)69(51-22-6-2-7-23-51)52-24-8-3-9-25-52/h1-45H. The summed E-state index contributed by atoms with van der Waals surface area (Å²) < 4.78 is 2.39. The first-order valence-electron chi connectivity index (χ1n) is 24.1. The molecule has 0 saturated heterocycles. The Morgan fingerprint density at radius 2 is 0.817 bits per heavy atom. The fraction of sp³-hybridized carbons (Fsp3) is 0. The Kier molecular flexibility index (Phi) is 10.4. The highest BCUT2D eigenvalue weighted by Crippen LogP contribution is 2.43. The number of para-hydroxylation sites is 4. The highest BCUT2D eigenvalue weighted by atomic mass is 15.2. The summed E-state index contributed by atoms with van der Waals surface area (Å²) in [5.41, 5.74) is 15.9. The van der Waals surface area contributed by atoms with Gasteiger partial charge in [0.2, 0.25) is 0 Å². The first kappa shape index (κ1) is 41.6. The zero-order valence-electron chi connectivity index (χ0n) is 38.7. The molecule has 0 aliphatic heterocycles. The quantitative estimate of drug-likeness (QED) is 0.137. The molecule has 5 nitrogen and oxygen atoms in total. The molecule has 0 aliphatic rings. The fourth-order valence-electron chi connectivity index (χ4n) is 10.2. The van der Waals surface area contributed by atoms with Crippen LogP contribution in [0.4, 0.5) is 34.1 Å². The Morgan fingerprint density at radius 1 is 0.296 bits per heavy atom. The molecule has 334 valence electrons. The molecule has 11 aromatic carbocycles. The van der Waals surface area contributed by atoms with Crippen LogP contribution in [-0.2, 0) is 0 Å². The molecule has 0 saturated carbocycles. The van der Waals surface area contributed by atoms with E-state index < -0.39 is 0 Å². The Labute approximate surface area is 412 Å². The van der Waals surface area contributed by atoms with Gasteiger partial charge in [-0.2, -0.15) is 0 Å². The lowest BCUT2D eigenvalue weighted by Crippen LogP contribution is -2.12. The fourth-order valence-corrected chi connectivity index (χ4v) is 10.2. The molecule has 13 aromatic rings. The third kappa shape index (κ3) is 7.63. The minimum absolute atomic E-state index is 0.682. The summed E-state index contributed by atoms with van der Waals surface area (Å²) in [6.07, 6.45) is 0. The van der Waals surface area contributed by atoms with Gasteiger partial charge in [0.1, 0.15) is 0 Å².